The summed E-state index contributed by atoms with van der Waals surface area (Å²) in [5, 5.41) is 14.8. The molecule has 15 heavy (non-hydrogen) atoms. The summed E-state index contributed by atoms with van der Waals surface area (Å²) >= 11 is 0. The number of hydrogen-bond donors (Lipinski definition) is 0. The van der Waals surface area contributed by atoms with Gasteiger partial charge in [0.2, 0.25) is 0 Å². The fraction of sp³-hybridized carbons (Fsp3) is 0.333. The number of rotatable bonds is 6. The molecule has 0 heterocycles. The van der Waals surface area contributed by atoms with Gasteiger partial charge in [-0.2, -0.15) is 0 Å². The first-order valence-electron chi connectivity index (χ1n) is 3.95. The van der Waals surface area contributed by atoms with Gasteiger partial charge in [-0.3, -0.25) is 0 Å². The van der Waals surface area contributed by atoms with Crippen molar-refractivity contribution in [2.75, 3.05) is 18.5 Å². The van der Waals surface area contributed by atoms with Gasteiger partial charge in [-0.05, 0) is 18.5 Å². The van der Waals surface area contributed by atoms with Crippen LogP contribution < -0.4 is 0 Å². The Morgan fingerprint density at radius 3 is 1.33 bits per heavy atom. The van der Waals surface area contributed by atoms with E-state index in [1.165, 1.54) is 0 Å². The van der Waals surface area contributed by atoms with Gasteiger partial charge in [0.15, 0.2) is 0 Å². The second-order valence-electron chi connectivity index (χ2n) is 2.31. The summed E-state index contributed by atoms with van der Waals surface area (Å²) in [4.78, 5) is 8.25. The van der Waals surface area contributed by atoms with E-state index < -0.39 is 5.09 Å². The van der Waals surface area contributed by atoms with Gasteiger partial charge in [0.05, 0.1) is 5.09 Å². The molecule has 0 atom stereocenters. The van der Waals surface area contributed by atoms with Crippen LogP contribution in [0.4, 0.5) is 0 Å². The van der Waals surface area contributed by atoms with Crippen molar-refractivity contribution in [3.8, 4) is 0 Å². The Labute approximate surface area is 107 Å². The third kappa shape index (κ3) is 24.7. The molecule has 6 heteroatoms. The molecule has 0 fully saturated rings. The summed E-state index contributed by atoms with van der Waals surface area (Å²) < 4.78 is 0. The molecule has 0 rings (SSSR count). The van der Waals surface area contributed by atoms with Gasteiger partial charge in [0.25, 0.3) is 0 Å². The zero-order chi connectivity index (χ0) is 11.4. The van der Waals surface area contributed by atoms with E-state index in [1.54, 1.807) is 0 Å². The van der Waals surface area contributed by atoms with Gasteiger partial charge < -0.3 is 15.3 Å². The van der Waals surface area contributed by atoms with Crippen molar-refractivity contribution < 1.29 is 27.5 Å². The van der Waals surface area contributed by atoms with Crippen LogP contribution in [-0.4, -0.2) is 23.6 Å². The van der Waals surface area contributed by atoms with Crippen LogP contribution in [0, 0.1) is 15.3 Å². The van der Waals surface area contributed by atoms with Crippen LogP contribution in [0.15, 0.2) is 38.0 Å². The Kier molecular flexibility index (Phi) is 21.4. The van der Waals surface area contributed by atoms with Crippen molar-refractivity contribution in [2.45, 2.75) is 0 Å². The molecule has 0 bridgehead atoms. The molecule has 0 unspecified atom stereocenters. The standard InChI is InChI=1S/C9H15P.Au.NO3/c1-4-7-10(8-5-2)9-6-3;;2-1(3)4/h4-6H,1-3,7-9H2;;/q;+1;-1. The normalized spacial score (nSPS) is 7.80. The summed E-state index contributed by atoms with van der Waals surface area (Å²) in [5.74, 6) is 0. The minimum atomic E-state index is -1.75. The molecule has 0 saturated heterocycles. The fourth-order valence-corrected chi connectivity index (χ4v) is 2.31. The van der Waals surface area contributed by atoms with Crippen molar-refractivity contribution in [1.29, 1.82) is 0 Å². The first-order valence-corrected chi connectivity index (χ1v) is 5.84. The van der Waals surface area contributed by atoms with Crippen LogP contribution in [-0.2, 0) is 22.4 Å². The number of nitrogens with zero attached hydrogens (tertiary/aromatic N) is 1. The maximum atomic E-state index is 8.25. The van der Waals surface area contributed by atoms with Crippen molar-refractivity contribution in [3.63, 3.8) is 0 Å². The van der Waals surface area contributed by atoms with Crippen LogP contribution in [0.25, 0.3) is 0 Å². The minimum Gasteiger partial charge on any atom is -0.356 e. The summed E-state index contributed by atoms with van der Waals surface area (Å²) in [7, 11) is 0.0849. The topological polar surface area (TPSA) is 66.2 Å². The molecule has 90 valence electrons. The molecule has 0 saturated carbocycles. The largest absolute Gasteiger partial charge is 1.00 e. The van der Waals surface area contributed by atoms with E-state index in [9.17, 15) is 0 Å². The third-order valence-corrected chi connectivity index (χ3v) is 3.49. The van der Waals surface area contributed by atoms with Crippen molar-refractivity contribution >= 4 is 7.92 Å². The van der Waals surface area contributed by atoms with Gasteiger partial charge in [0, 0.05) is 0 Å². The quantitative estimate of drug-likeness (QED) is 0.221. The second kappa shape index (κ2) is 16.0. The van der Waals surface area contributed by atoms with E-state index >= 15 is 0 Å². The van der Waals surface area contributed by atoms with Crippen molar-refractivity contribution in [2.24, 2.45) is 0 Å². The summed E-state index contributed by atoms with van der Waals surface area (Å²) in [6.07, 6.45) is 9.35. The molecule has 0 aliphatic carbocycles. The van der Waals surface area contributed by atoms with Crippen molar-refractivity contribution in [1.82, 2.24) is 0 Å². The molecule has 0 aromatic carbocycles. The first kappa shape index (κ1) is 20.1. The van der Waals surface area contributed by atoms with E-state index in [0.717, 1.165) is 18.5 Å². The van der Waals surface area contributed by atoms with Gasteiger partial charge in [-0.1, -0.05) is 26.1 Å². The molecule has 0 N–H and O–H groups in total. The molecule has 4 nitrogen and oxygen atoms in total. The van der Waals surface area contributed by atoms with E-state index in [4.69, 9.17) is 15.3 Å². The Hall–Kier alpha value is -0.410. The number of allylic oxidation sites excluding steroid dienone is 3. The van der Waals surface area contributed by atoms with Crippen molar-refractivity contribution in [3.05, 3.63) is 53.3 Å². The molecule has 0 aromatic heterocycles. The van der Waals surface area contributed by atoms with Gasteiger partial charge >= 0.3 is 22.4 Å². The zero-order valence-electron chi connectivity index (χ0n) is 8.40. The van der Waals surface area contributed by atoms with Crippen LogP contribution >= 0.6 is 7.92 Å². The van der Waals surface area contributed by atoms with Gasteiger partial charge in [-0.25, -0.2) is 0 Å². The smallest absolute Gasteiger partial charge is 0.356 e. The zero-order valence-corrected chi connectivity index (χ0v) is 11.5. The molecular weight excluding hydrogens is 398 g/mol. The van der Waals surface area contributed by atoms with E-state index in [-0.39, 0.29) is 30.3 Å². The molecule has 0 amide bonds. The molecule has 0 spiro atoms. The first-order chi connectivity index (χ1) is 6.58. The van der Waals surface area contributed by atoms with E-state index in [2.05, 4.69) is 19.7 Å². The summed E-state index contributed by atoms with van der Waals surface area (Å²) in [5.41, 5.74) is 0. The Morgan fingerprint density at radius 2 is 1.20 bits per heavy atom. The average molecular weight is 413 g/mol. The average Bonchev–Trinajstić information content (AvgIpc) is 2.04. The summed E-state index contributed by atoms with van der Waals surface area (Å²) in [6.45, 7) is 11.1. The molecule has 0 aliphatic rings. The fourth-order valence-electron chi connectivity index (χ4n) is 0.771. The maximum absolute atomic E-state index is 8.25. The maximum Gasteiger partial charge on any atom is 1.00 e. The Morgan fingerprint density at radius 1 is 1.00 bits per heavy atom. The van der Waals surface area contributed by atoms with E-state index in [1.807, 2.05) is 18.2 Å². The molecule has 0 radical (unpaired) electrons. The predicted octanol–water partition coefficient (Wildman–Crippen LogP) is 2.78. The van der Waals surface area contributed by atoms with Gasteiger partial charge in [0.1, 0.15) is 0 Å². The monoisotopic (exact) mass is 413 g/mol. The minimum absolute atomic E-state index is 0. The van der Waals surface area contributed by atoms with Crippen LogP contribution in [0.3, 0.4) is 0 Å². The van der Waals surface area contributed by atoms with Gasteiger partial charge in [-0.15, -0.1) is 19.7 Å². The number of hydrogen-bond acceptors (Lipinski definition) is 3. The summed E-state index contributed by atoms with van der Waals surface area (Å²) in [6, 6.07) is 0. The molecular formula is C9H15AuNO3P. The van der Waals surface area contributed by atoms with Crippen LogP contribution in [0.5, 0.6) is 0 Å². The third-order valence-electron chi connectivity index (χ3n) is 1.16. The van der Waals surface area contributed by atoms with Crippen LogP contribution in [0.1, 0.15) is 0 Å². The SMILES string of the molecule is C=CCP(CC=C)CC=C.O=[N+]([O-])[O-].[Au+]. The Bertz CT molecular complexity index is 172. The van der Waals surface area contributed by atoms with Crippen LogP contribution in [0.2, 0.25) is 0 Å². The van der Waals surface area contributed by atoms with E-state index in [0.29, 0.717) is 0 Å². The predicted molar refractivity (Wildman–Crippen MR) is 62.5 cm³/mol. The molecule has 0 aliphatic heterocycles. The molecule has 0 aromatic rings. The Balaban J connectivity index is -0.000000249. The second-order valence-corrected chi connectivity index (χ2v) is 4.75.